The van der Waals surface area contributed by atoms with Gasteiger partial charge in [0.1, 0.15) is 30.5 Å². The van der Waals surface area contributed by atoms with Gasteiger partial charge in [0.2, 0.25) is 5.91 Å². The van der Waals surface area contributed by atoms with E-state index in [1.54, 1.807) is 6.92 Å². The van der Waals surface area contributed by atoms with Gasteiger partial charge in [-0.2, -0.15) is 0 Å². The molecule has 5 aromatic carbocycles. The molecule has 1 amide bonds. The van der Waals surface area contributed by atoms with Gasteiger partial charge in [0, 0.05) is 29.0 Å². The lowest BCUT2D eigenvalue weighted by atomic mass is 9.91. The highest BCUT2D eigenvalue weighted by Gasteiger charge is 2.52. The fourth-order valence-electron chi connectivity index (χ4n) is 9.24. The number of hydrogen-bond donors (Lipinski definition) is 2. The number of carboxylic acids is 1. The summed E-state index contributed by atoms with van der Waals surface area (Å²) < 4.78 is 61.9. The molecule has 2 N–H and O–H groups in total. The van der Waals surface area contributed by atoms with Crippen molar-refractivity contribution < 1.29 is 62.1 Å². The quantitative estimate of drug-likeness (QED) is 0.0912. The number of nitrogens with one attached hydrogen (secondary N) is 1. The van der Waals surface area contributed by atoms with Crippen molar-refractivity contribution in [2.24, 2.45) is 11.8 Å². The molecule has 4 heterocycles. The molecule has 14 nitrogen and oxygen atoms in total. The Morgan fingerprint density at radius 2 is 0.930 bits per heavy atom. The fourth-order valence-corrected chi connectivity index (χ4v) is 9.24. The maximum absolute atomic E-state index is 13.2. The van der Waals surface area contributed by atoms with Crippen molar-refractivity contribution in [3.8, 4) is 0 Å². The van der Waals surface area contributed by atoms with Crippen LogP contribution in [0.3, 0.4) is 0 Å². The first-order valence-electron chi connectivity index (χ1n) is 24.6. The average molecular weight is 974 g/mol. The molecular formula is C57H67NO13. The summed E-state index contributed by atoms with van der Waals surface area (Å²) >= 11 is 0. The second-order valence-corrected chi connectivity index (χ2v) is 18.7. The first kappa shape index (κ1) is 52.0. The van der Waals surface area contributed by atoms with E-state index < -0.39 is 80.0 Å². The van der Waals surface area contributed by atoms with E-state index in [1.807, 2.05) is 160 Å². The molecule has 14 heteroatoms. The second-order valence-electron chi connectivity index (χ2n) is 18.7. The Bertz CT molecular complexity index is 2370. The molecule has 4 saturated heterocycles. The average Bonchev–Trinajstić information content (AvgIpc) is 3.40. The molecule has 4 aliphatic rings. The highest BCUT2D eigenvalue weighted by Crippen LogP contribution is 2.40. The minimum Gasteiger partial charge on any atom is -0.479 e. The van der Waals surface area contributed by atoms with Crippen molar-refractivity contribution in [1.82, 2.24) is 5.32 Å². The van der Waals surface area contributed by atoms with Gasteiger partial charge < -0.3 is 57.8 Å². The van der Waals surface area contributed by atoms with E-state index in [0.717, 1.165) is 28.7 Å². The van der Waals surface area contributed by atoms with Crippen LogP contribution in [0.1, 0.15) is 75.0 Å². The van der Waals surface area contributed by atoms with Crippen molar-refractivity contribution in [3.63, 3.8) is 0 Å². The third-order valence-corrected chi connectivity index (χ3v) is 13.1. The topological polar surface area (TPSA) is 159 Å². The summed E-state index contributed by atoms with van der Waals surface area (Å²) in [7, 11) is 0. The van der Waals surface area contributed by atoms with Crippen molar-refractivity contribution in [2.45, 2.75) is 134 Å². The van der Waals surface area contributed by atoms with Crippen LogP contribution in [0.5, 0.6) is 0 Å². The molecule has 0 radical (unpaired) electrons. The predicted molar refractivity (Wildman–Crippen MR) is 262 cm³/mol. The lowest BCUT2D eigenvalue weighted by molar-refractivity contribution is -0.360. The molecule has 378 valence electrons. The predicted octanol–water partition coefficient (Wildman–Crippen LogP) is 8.74. The van der Waals surface area contributed by atoms with Gasteiger partial charge in [-0.1, -0.05) is 166 Å². The van der Waals surface area contributed by atoms with Gasteiger partial charge in [-0.05, 0) is 43.9 Å². The number of amides is 1. The van der Waals surface area contributed by atoms with Gasteiger partial charge in [-0.3, -0.25) is 4.79 Å². The number of ether oxygens (including phenoxy) is 10. The summed E-state index contributed by atoms with van der Waals surface area (Å²) in [6.07, 6.45) is -5.86. The van der Waals surface area contributed by atoms with E-state index >= 15 is 0 Å². The van der Waals surface area contributed by atoms with E-state index in [4.69, 9.17) is 47.4 Å². The van der Waals surface area contributed by atoms with Crippen molar-refractivity contribution in [1.29, 1.82) is 0 Å². The van der Waals surface area contributed by atoms with Gasteiger partial charge in [0.05, 0.1) is 38.6 Å². The van der Waals surface area contributed by atoms with Gasteiger partial charge in [0.15, 0.2) is 31.3 Å². The number of carbonyl (C=O) groups excluding carboxylic acids is 1. The molecule has 9 rings (SSSR count). The summed E-state index contributed by atoms with van der Waals surface area (Å²) in [5.74, 6) is -1.63. The number of carboxylic acid groups (broad SMARTS) is 1. The molecule has 0 bridgehead atoms. The minimum absolute atomic E-state index is 0.0374. The zero-order valence-electron chi connectivity index (χ0n) is 41.0. The molecule has 0 aliphatic carbocycles. The number of benzene rings is 5. The van der Waals surface area contributed by atoms with E-state index in [9.17, 15) is 14.7 Å². The number of aliphatic carboxylic acids is 1. The first-order valence-corrected chi connectivity index (χ1v) is 24.6. The van der Waals surface area contributed by atoms with Gasteiger partial charge in [-0.15, -0.1) is 0 Å². The largest absolute Gasteiger partial charge is 0.479 e. The Kier molecular flexibility index (Phi) is 18.6. The Morgan fingerprint density at radius 1 is 0.549 bits per heavy atom. The van der Waals surface area contributed by atoms with Crippen LogP contribution in [-0.4, -0.2) is 97.7 Å². The van der Waals surface area contributed by atoms with Gasteiger partial charge >= 0.3 is 5.97 Å². The molecule has 0 saturated carbocycles. The summed E-state index contributed by atoms with van der Waals surface area (Å²) in [6, 6.07) is 49.3. The molecule has 4 aliphatic heterocycles. The second kappa shape index (κ2) is 25.3. The zero-order chi connectivity index (χ0) is 49.7. The molecule has 15 atom stereocenters. The van der Waals surface area contributed by atoms with Crippen LogP contribution < -0.4 is 5.32 Å². The minimum atomic E-state index is -1.02. The van der Waals surface area contributed by atoms with E-state index in [2.05, 4.69) is 17.4 Å². The van der Waals surface area contributed by atoms with Crippen molar-refractivity contribution >= 4 is 11.9 Å². The van der Waals surface area contributed by atoms with Crippen LogP contribution in [0.15, 0.2) is 152 Å². The standard InChI is InChI=1S/C33H39NO6.C24H28O7/c1-22(19-25-13-7-4-8-14-25)34-31(35)24(3)38-29-23(2)32(36-20-26-15-9-5-10-16-26)39-28-21-37-33(40-30(28)29)27-17-11-6-12-18-27;1-15-20(29-16(2)22(25)26)21-19(14-28-24(31-21)18-11-7-4-8-12-18)30-23(15)27-13-17-9-5-3-6-10-17/h4-18,22-24,28-30,32-33H,19-21H2,1-3H3,(H,34,35);3-12,15-16,19-21,23-24H,13-14H2,1-2H3,(H,25,26)/t22-,23?,24-,28?,29+,30+,32-,33?;15?,16-,19?,20+,21+,23-,24?/m00/s1. The van der Waals surface area contributed by atoms with E-state index in [-0.39, 0.29) is 23.8 Å². The van der Waals surface area contributed by atoms with Crippen molar-refractivity contribution in [2.75, 3.05) is 13.2 Å². The molecule has 6 unspecified atom stereocenters. The van der Waals surface area contributed by atoms with Crippen LogP contribution in [-0.2, 0) is 76.6 Å². The summed E-state index contributed by atoms with van der Waals surface area (Å²) in [5, 5.41) is 12.5. The van der Waals surface area contributed by atoms with Crippen LogP contribution in [0.25, 0.3) is 0 Å². The Labute approximate surface area is 416 Å². The molecule has 0 aromatic heterocycles. The van der Waals surface area contributed by atoms with E-state index in [0.29, 0.717) is 26.4 Å². The lowest BCUT2D eigenvalue weighted by Crippen LogP contribution is -2.61. The third-order valence-electron chi connectivity index (χ3n) is 13.1. The highest BCUT2D eigenvalue weighted by atomic mass is 16.8. The lowest BCUT2D eigenvalue weighted by Gasteiger charge is -2.49. The molecule has 5 aromatic rings. The number of hydrogen-bond acceptors (Lipinski definition) is 12. The maximum atomic E-state index is 13.2. The number of fused-ring (bicyclic) bond motifs is 2. The number of carbonyl (C=O) groups is 2. The molecular weight excluding hydrogens is 907 g/mol. The Balaban J connectivity index is 0.000000197. The van der Waals surface area contributed by atoms with E-state index in [1.165, 1.54) is 12.5 Å². The summed E-state index contributed by atoms with van der Waals surface area (Å²) in [4.78, 5) is 24.7. The van der Waals surface area contributed by atoms with Crippen molar-refractivity contribution in [3.05, 3.63) is 179 Å². The summed E-state index contributed by atoms with van der Waals surface area (Å²) in [5.41, 5.74) is 5.07. The molecule has 71 heavy (non-hydrogen) atoms. The van der Waals surface area contributed by atoms with Crippen LogP contribution >= 0.6 is 0 Å². The monoisotopic (exact) mass is 973 g/mol. The maximum Gasteiger partial charge on any atom is 0.332 e. The Hall–Kier alpha value is -5.36. The normalized spacial score (nSPS) is 29.4. The SMILES string of the molecule is CC1[C@@H](OCc2ccccc2)OC2COC(c3ccccc3)O[C@H]2[C@@H]1O[C@@H](C)C(=O)N[C@@H](C)Cc1ccccc1.CC1[C@@H](OCc2ccccc2)OC2COC(c3ccccc3)O[C@H]2[C@@H]1O[C@@H](C)C(=O)O. The molecule has 4 fully saturated rings. The fraction of sp³-hybridized carbons (Fsp3) is 0.439. The third kappa shape index (κ3) is 14.0. The molecule has 0 spiro atoms. The Morgan fingerprint density at radius 3 is 1.34 bits per heavy atom. The zero-order valence-corrected chi connectivity index (χ0v) is 41.0. The smallest absolute Gasteiger partial charge is 0.332 e. The number of rotatable bonds is 17. The van der Waals surface area contributed by atoms with Gasteiger partial charge in [0.25, 0.3) is 0 Å². The highest BCUT2D eigenvalue weighted by molar-refractivity contribution is 5.80. The van der Waals surface area contributed by atoms with Crippen LogP contribution in [0.4, 0.5) is 0 Å². The van der Waals surface area contributed by atoms with Crippen LogP contribution in [0.2, 0.25) is 0 Å². The van der Waals surface area contributed by atoms with Gasteiger partial charge in [-0.25, -0.2) is 4.79 Å². The van der Waals surface area contributed by atoms with Crippen LogP contribution in [0, 0.1) is 11.8 Å². The first-order chi connectivity index (χ1) is 34.5. The summed E-state index contributed by atoms with van der Waals surface area (Å²) in [6.45, 7) is 10.7.